The first-order valence-electron chi connectivity index (χ1n) is 9.03. The summed E-state index contributed by atoms with van der Waals surface area (Å²) >= 11 is 3.38. The lowest BCUT2D eigenvalue weighted by Gasteiger charge is -2.13. The molecular formula is C22H24BrN3O3. The molecule has 6 nitrogen and oxygen atoms in total. The lowest BCUT2D eigenvalue weighted by Crippen LogP contribution is -2.35. The Labute approximate surface area is 179 Å². The van der Waals surface area contributed by atoms with Crippen LogP contribution in [0.1, 0.15) is 11.1 Å². The molecular weight excluding hydrogens is 434 g/mol. The molecule has 7 heteroatoms. The number of halogens is 1. The fourth-order valence-electron chi connectivity index (χ4n) is 2.37. The lowest BCUT2D eigenvalue weighted by atomic mass is 10.1. The Bertz CT molecular complexity index is 865. The Morgan fingerprint density at radius 3 is 2.48 bits per heavy atom. The molecule has 0 spiro atoms. The highest BCUT2D eigenvalue weighted by atomic mass is 79.9. The van der Waals surface area contributed by atoms with Crippen LogP contribution in [0.25, 0.3) is 0 Å². The Balaban J connectivity index is 2.10. The zero-order valence-electron chi connectivity index (χ0n) is 16.3. The molecule has 152 valence electrons. The number of nitrogens with one attached hydrogen (secondary N) is 2. The predicted molar refractivity (Wildman–Crippen MR) is 118 cm³/mol. The van der Waals surface area contributed by atoms with E-state index in [0.717, 1.165) is 15.6 Å². The number of carbonyl (C=O) groups is 1. The monoisotopic (exact) mass is 457 g/mol. The molecule has 0 radical (unpaired) electrons. The average Bonchev–Trinajstić information content (AvgIpc) is 2.73. The highest BCUT2D eigenvalue weighted by Gasteiger charge is 2.18. The van der Waals surface area contributed by atoms with Gasteiger partial charge in [-0.1, -0.05) is 65.0 Å². The fourth-order valence-corrected chi connectivity index (χ4v) is 2.64. The van der Waals surface area contributed by atoms with Crippen LogP contribution in [0.5, 0.6) is 0 Å². The number of ether oxygens (including phenoxy) is 2. The van der Waals surface area contributed by atoms with E-state index < -0.39 is 5.91 Å². The Hall–Kier alpha value is -2.77. The molecule has 2 aromatic rings. The summed E-state index contributed by atoms with van der Waals surface area (Å²) < 4.78 is 11.6. The number of rotatable bonds is 10. The van der Waals surface area contributed by atoms with Gasteiger partial charge in [0.15, 0.2) is 5.71 Å². The van der Waals surface area contributed by atoms with Crippen LogP contribution < -0.4 is 5.32 Å². The van der Waals surface area contributed by atoms with Gasteiger partial charge in [-0.15, -0.1) is 0 Å². The van der Waals surface area contributed by atoms with Crippen molar-refractivity contribution in [3.8, 4) is 0 Å². The number of nitrogens with zero attached hydrogens (tertiary/aromatic N) is 1. The van der Waals surface area contributed by atoms with E-state index >= 15 is 0 Å². The minimum absolute atomic E-state index is 0.0147. The van der Waals surface area contributed by atoms with Gasteiger partial charge in [-0.05, 0) is 23.3 Å². The molecule has 29 heavy (non-hydrogen) atoms. The molecule has 0 bridgehead atoms. The number of hydrogen-bond donors (Lipinski definition) is 2. The van der Waals surface area contributed by atoms with Gasteiger partial charge in [0.05, 0.1) is 6.61 Å². The van der Waals surface area contributed by atoms with E-state index in [4.69, 9.17) is 14.9 Å². The first kappa shape index (κ1) is 22.5. The van der Waals surface area contributed by atoms with E-state index in [9.17, 15) is 4.79 Å². The maximum absolute atomic E-state index is 12.6. The lowest BCUT2D eigenvalue weighted by molar-refractivity contribution is -0.115. The van der Waals surface area contributed by atoms with E-state index in [2.05, 4.69) is 32.8 Å². The van der Waals surface area contributed by atoms with Crippen LogP contribution >= 0.6 is 15.9 Å². The van der Waals surface area contributed by atoms with E-state index in [1.807, 2.05) is 54.6 Å². The van der Waals surface area contributed by atoms with Gasteiger partial charge in [-0.2, -0.15) is 0 Å². The molecule has 0 fully saturated rings. The molecule has 1 amide bonds. The van der Waals surface area contributed by atoms with Gasteiger partial charge in [-0.3, -0.25) is 10.2 Å². The zero-order valence-corrected chi connectivity index (χ0v) is 17.9. The summed E-state index contributed by atoms with van der Waals surface area (Å²) in [5.74, 6) is -0.307. The zero-order chi connectivity index (χ0) is 21.1. The molecule has 2 aromatic carbocycles. The minimum atomic E-state index is -0.458. The van der Waals surface area contributed by atoms with Crippen LogP contribution in [0.2, 0.25) is 0 Å². The molecule has 0 aliphatic heterocycles. The second kappa shape index (κ2) is 11.9. The van der Waals surface area contributed by atoms with Crippen molar-refractivity contribution in [3.05, 3.63) is 82.5 Å². The second-order valence-corrected chi connectivity index (χ2v) is 7.07. The maximum atomic E-state index is 12.6. The number of hydrogen-bond acceptors (Lipinski definition) is 4. The molecule has 0 aliphatic rings. The summed E-state index contributed by atoms with van der Waals surface area (Å²) in [6, 6.07) is 17.1. The van der Waals surface area contributed by atoms with Crippen molar-refractivity contribution >= 4 is 33.4 Å². The van der Waals surface area contributed by atoms with Crippen LogP contribution in [0.15, 0.2) is 76.4 Å². The summed E-state index contributed by atoms with van der Waals surface area (Å²) in [6.45, 7) is 4.78. The third-order valence-electron chi connectivity index (χ3n) is 3.86. The Kier molecular flexibility index (Phi) is 9.27. The molecule has 0 aromatic heterocycles. The number of carbonyl (C=O) groups excluding carboxylic acids is 1. The third-order valence-corrected chi connectivity index (χ3v) is 4.39. The second-order valence-electron chi connectivity index (χ2n) is 6.16. The first-order valence-corrected chi connectivity index (χ1v) is 9.82. The van der Waals surface area contributed by atoms with Crippen molar-refractivity contribution in [2.45, 2.75) is 13.0 Å². The normalized spacial score (nSPS) is 11.0. The molecule has 0 atom stereocenters. The quantitative estimate of drug-likeness (QED) is 0.245. The Morgan fingerprint density at radius 2 is 1.83 bits per heavy atom. The molecule has 2 rings (SSSR count). The number of amides is 1. The van der Waals surface area contributed by atoms with E-state index in [0.29, 0.717) is 13.2 Å². The van der Waals surface area contributed by atoms with Gasteiger partial charge in [0, 0.05) is 24.5 Å². The SMILES string of the molecule is C=C(OCc1ccccc1)C(=NC(=N)Cc1ccc(Br)cc1)C(=O)NCCOC. The fraction of sp³-hybridized carbons (Fsp3) is 0.227. The number of amidine groups is 1. The number of benzene rings is 2. The standard InChI is InChI=1S/C22H24BrN3O3/c1-16(29-15-18-6-4-3-5-7-18)21(22(27)25-12-13-28-2)26-20(24)14-17-8-10-19(23)11-9-17/h3-11,24H,1,12-15H2,2H3,(H,25,27). The largest absolute Gasteiger partial charge is 0.487 e. The van der Waals surface area contributed by atoms with Gasteiger partial charge >= 0.3 is 0 Å². The van der Waals surface area contributed by atoms with E-state index in [1.54, 1.807) is 7.11 Å². The minimum Gasteiger partial charge on any atom is -0.487 e. The number of methoxy groups -OCH3 is 1. The smallest absolute Gasteiger partial charge is 0.273 e. The molecule has 0 saturated heterocycles. The summed E-state index contributed by atoms with van der Waals surface area (Å²) in [6.07, 6.45) is 0.286. The topological polar surface area (TPSA) is 83.8 Å². The van der Waals surface area contributed by atoms with Crippen molar-refractivity contribution in [1.29, 1.82) is 5.41 Å². The highest BCUT2D eigenvalue weighted by molar-refractivity contribution is 9.10. The van der Waals surface area contributed by atoms with E-state index in [-0.39, 0.29) is 30.3 Å². The van der Waals surface area contributed by atoms with Gasteiger partial charge < -0.3 is 14.8 Å². The predicted octanol–water partition coefficient (Wildman–Crippen LogP) is 3.90. The Morgan fingerprint density at radius 1 is 1.14 bits per heavy atom. The maximum Gasteiger partial charge on any atom is 0.273 e. The van der Waals surface area contributed by atoms with Crippen LogP contribution in [0, 0.1) is 5.41 Å². The first-order chi connectivity index (χ1) is 14.0. The summed E-state index contributed by atoms with van der Waals surface area (Å²) in [5.41, 5.74) is 1.84. The van der Waals surface area contributed by atoms with Crippen LogP contribution in [-0.4, -0.2) is 37.7 Å². The van der Waals surface area contributed by atoms with Gasteiger partial charge in [0.2, 0.25) is 0 Å². The van der Waals surface area contributed by atoms with Gasteiger partial charge in [0.25, 0.3) is 5.91 Å². The molecule has 0 heterocycles. The third kappa shape index (κ3) is 8.01. The summed E-state index contributed by atoms with van der Waals surface area (Å²) in [4.78, 5) is 16.8. The number of aliphatic imine (C=N–C) groups is 1. The molecule has 0 unspecified atom stereocenters. The highest BCUT2D eigenvalue weighted by Crippen LogP contribution is 2.12. The van der Waals surface area contributed by atoms with Crippen LogP contribution in [0.3, 0.4) is 0 Å². The molecule has 0 aliphatic carbocycles. The van der Waals surface area contributed by atoms with Gasteiger partial charge in [0.1, 0.15) is 18.2 Å². The van der Waals surface area contributed by atoms with E-state index in [1.165, 1.54) is 0 Å². The molecule has 0 saturated carbocycles. The summed E-state index contributed by atoms with van der Waals surface area (Å²) in [7, 11) is 1.55. The van der Waals surface area contributed by atoms with Crippen molar-refractivity contribution in [2.24, 2.45) is 4.99 Å². The van der Waals surface area contributed by atoms with Crippen molar-refractivity contribution in [3.63, 3.8) is 0 Å². The van der Waals surface area contributed by atoms with Gasteiger partial charge in [-0.25, -0.2) is 4.99 Å². The average molecular weight is 458 g/mol. The van der Waals surface area contributed by atoms with Crippen molar-refractivity contribution in [2.75, 3.05) is 20.3 Å². The molecule has 2 N–H and O–H groups in total. The summed E-state index contributed by atoms with van der Waals surface area (Å²) in [5, 5.41) is 10.9. The van der Waals surface area contributed by atoms with Crippen molar-refractivity contribution < 1.29 is 14.3 Å². The van der Waals surface area contributed by atoms with Crippen molar-refractivity contribution in [1.82, 2.24) is 5.32 Å². The van der Waals surface area contributed by atoms with Crippen LogP contribution in [-0.2, 0) is 27.3 Å². The van der Waals surface area contributed by atoms with Crippen LogP contribution in [0.4, 0.5) is 0 Å².